The van der Waals surface area contributed by atoms with E-state index in [1.54, 1.807) is 11.8 Å². The van der Waals surface area contributed by atoms with E-state index in [-0.39, 0.29) is 0 Å². The van der Waals surface area contributed by atoms with Crippen molar-refractivity contribution in [2.75, 3.05) is 0 Å². The highest BCUT2D eigenvalue weighted by Gasteiger charge is 2.48. The van der Waals surface area contributed by atoms with E-state index >= 15 is 0 Å². The second-order valence-electron chi connectivity index (χ2n) is 4.32. The van der Waals surface area contributed by atoms with Crippen molar-refractivity contribution in [3.63, 3.8) is 0 Å². The average molecular weight is 216 g/mol. The molecular weight excluding hydrogens is 196 g/mol. The highest BCUT2D eigenvalue weighted by Crippen LogP contribution is 2.48. The Balaban J connectivity index is 2.77. The van der Waals surface area contributed by atoms with Gasteiger partial charge in [-0.2, -0.15) is 0 Å². The monoisotopic (exact) mass is 216 g/mol. The van der Waals surface area contributed by atoms with E-state index in [0.717, 1.165) is 25.7 Å². The molecule has 82 valence electrons. The first-order valence-electron chi connectivity index (χ1n) is 5.44. The van der Waals surface area contributed by atoms with Gasteiger partial charge in [0.15, 0.2) is 0 Å². The predicted octanol–water partition coefficient (Wildman–Crippen LogP) is 3.16. The lowest BCUT2D eigenvalue weighted by atomic mass is 9.97. The summed E-state index contributed by atoms with van der Waals surface area (Å²) in [5.41, 5.74) is 0. The summed E-state index contributed by atoms with van der Waals surface area (Å²) < 4.78 is -0.491. The molecule has 0 aromatic rings. The first kappa shape index (κ1) is 11.9. The summed E-state index contributed by atoms with van der Waals surface area (Å²) in [5.74, 6) is -0.285. The van der Waals surface area contributed by atoms with Gasteiger partial charge in [-0.25, -0.2) is 0 Å². The van der Waals surface area contributed by atoms with Crippen LogP contribution in [0, 0.1) is 5.92 Å². The predicted molar refractivity (Wildman–Crippen MR) is 60.7 cm³/mol. The maximum absolute atomic E-state index is 11.4. The molecule has 3 unspecified atom stereocenters. The van der Waals surface area contributed by atoms with Gasteiger partial charge < -0.3 is 5.11 Å². The fourth-order valence-electron chi connectivity index (χ4n) is 2.14. The third-order valence-electron chi connectivity index (χ3n) is 3.33. The Morgan fingerprint density at radius 3 is 2.71 bits per heavy atom. The molecule has 0 amide bonds. The lowest BCUT2D eigenvalue weighted by molar-refractivity contribution is -0.140. The average Bonchev–Trinajstić information content (AvgIpc) is 2.49. The van der Waals surface area contributed by atoms with Gasteiger partial charge in [0.25, 0.3) is 0 Å². The van der Waals surface area contributed by atoms with Crippen LogP contribution in [0.5, 0.6) is 0 Å². The minimum Gasteiger partial charge on any atom is -0.480 e. The molecule has 3 heteroatoms. The largest absolute Gasteiger partial charge is 0.480 e. The lowest BCUT2D eigenvalue weighted by Gasteiger charge is -2.30. The third-order valence-corrected chi connectivity index (χ3v) is 5.27. The second-order valence-corrected chi connectivity index (χ2v) is 6.09. The molecule has 1 aliphatic rings. The van der Waals surface area contributed by atoms with Gasteiger partial charge in [-0.15, -0.1) is 11.8 Å². The first-order valence-corrected chi connectivity index (χ1v) is 6.32. The number of carboxylic acids is 1. The molecule has 1 N–H and O–H groups in total. The SMILES string of the molecule is CCC(C)SC1(C(=O)O)CCCC1C. The van der Waals surface area contributed by atoms with Crippen molar-refractivity contribution in [3.8, 4) is 0 Å². The molecule has 1 saturated carbocycles. The molecule has 0 radical (unpaired) electrons. The van der Waals surface area contributed by atoms with Crippen LogP contribution in [0.1, 0.15) is 46.5 Å². The zero-order valence-electron chi connectivity index (χ0n) is 9.25. The Labute approximate surface area is 90.5 Å². The number of aliphatic carboxylic acids is 1. The van der Waals surface area contributed by atoms with Crippen LogP contribution in [-0.4, -0.2) is 21.1 Å². The summed E-state index contributed by atoms with van der Waals surface area (Å²) >= 11 is 1.67. The molecule has 1 fully saturated rings. The van der Waals surface area contributed by atoms with Crippen molar-refractivity contribution < 1.29 is 9.90 Å². The normalized spacial score (nSPS) is 34.4. The van der Waals surface area contributed by atoms with E-state index in [9.17, 15) is 9.90 Å². The molecule has 3 atom stereocenters. The minimum absolute atomic E-state index is 0.319. The number of rotatable bonds is 4. The second kappa shape index (κ2) is 4.56. The molecule has 1 aliphatic carbocycles. The lowest BCUT2D eigenvalue weighted by Crippen LogP contribution is -2.39. The van der Waals surface area contributed by atoms with Gasteiger partial charge in [0.1, 0.15) is 4.75 Å². The topological polar surface area (TPSA) is 37.3 Å². The highest BCUT2D eigenvalue weighted by atomic mass is 32.2. The maximum Gasteiger partial charge on any atom is 0.320 e. The van der Waals surface area contributed by atoms with Crippen molar-refractivity contribution in [1.82, 2.24) is 0 Å². The van der Waals surface area contributed by atoms with E-state index in [1.165, 1.54) is 0 Å². The van der Waals surface area contributed by atoms with Crippen molar-refractivity contribution in [3.05, 3.63) is 0 Å². The van der Waals surface area contributed by atoms with Gasteiger partial charge in [0.2, 0.25) is 0 Å². The number of hydrogen-bond donors (Lipinski definition) is 1. The Morgan fingerprint density at radius 1 is 1.71 bits per heavy atom. The number of thioether (sulfide) groups is 1. The van der Waals surface area contributed by atoms with Crippen LogP contribution in [-0.2, 0) is 4.79 Å². The molecule has 0 heterocycles. The number of carboxylic acid groups (broad SMARTS) is 1. The zero-order valence-corrected chi connectivity index (χ0v) is 10.1. The Morgan fingerprint density at radius 2 is 2.36 bits per heavy atom. The molecule has 0 aliphatic heterocycles. The van der Waals surface area contributed by atoms with Crippen LogP contribution in [0.2, 0.25) is 0 Å². The molecule has 0 aromatic heterocycles. The van der Waals surface area contributed by atoms with E-state index in [4.69, 9.17) is 0 Å². The van der Waals surface area contributed by atoms with Crippen molar-refractivity contribution >= 4 is 17.7 Å². The van der Waals surface area contributed by atoms with Crippen LogP contribution in [0.25, 0.3) is 0 Å². The molecule has 0 saturated heterocycles. The van der Waals surface area contributed by atoms with E-state index in [2.05, 4.69) is 20.8 Å². The molecule has 1 rings (SSSR count). The minimum atomic E-state index is -0.604. The maximum atomic E-state index is 11.4. The smallest absolute Gasteiger partial charge is 0.320 e. The van der Waals surface area contributed by atoms with Gasteiger partial charge in [-0.05, 0) is 25.2 Å². The van der Waals surface area contributed by atoms with E-state index in [1.807, 2.05) is 0 Å². The zero-order chi connectivity index (χ0) is 10.8. The van der Waals surface area contributed by atoms with Crippen molar-refractivity contribution in [2.24, 2.45) is 5.92 Å². The molecule has 0 spiro atoms. The van der Waals surface area contributed by atoms with E-state index in [0.29, 0.717) is 11.2 Å². The fraction of sp³-hybridized carbons (Fsp3) is 0.909. The molecule has 0 bridgehead atoms. The van der Waals surface area contributed by atoms with Crippen LogP contribution in [0.3, 0.4) is 0 Å². The van der Waals surface area contributed by atoms with Crippen molar-refractivity contribution in [2.45, 2.75) is 56.5 Å². The van der Waals surface area contributed by atoms with Crippen LogP contribution >= 0.6 is 11.8 Å². The molecule has 2 nitrogen and oxygen atoms in total. The summed E-state index contributed by atoms with van der Waals surface area (Å²) in [4.78, 5) is 11.4. The molecule has 14 heavy (non-hydrogen) atoms. The van der Waals surface area contributed by atoms with Crippen LogP contribution in [0.15, 0.2) is 0 Å². The summed E-state index contributed by atoms with van der Waals surface area (Å²) in [6, 6.07) is 0. The first-order chi connectivity index (χ1) is 6.53. The van der Waals surface area contributed by atoms with Gasteiger partial charge in [0.05, 0.1) is 0 Å². The summed E-state index contributed by atoms with van der Waals surface area (Å²) in [7, 11) is 0. The standard InChI is InChI=1S/C11H20O2S/c1-4-9(3)14-11(10(12)13)7-5-6-8(11)2/h8-9H,4-7H2,1-3H3,(H,12,13). The van der Waals surface area contributed by atoms with Gasteiger partial charge >= 0.3 is 5.97 Å². The third kappa shape index (κ3) is 2.08. The van der Waals surface area contributed by atoms with Gasteiger partial charge in [0, 0.05) is 5.25 Å². The van der Waals surface area contributed by atoms with Crippen molar-refractivity contribution in [1.29, 1.82) is 0 Å². The Hall–Kier alpha value is -0.180. The quantitative estimate of drug-likeness (QED) is 0.784. The van der Waals surface area contributed by atoms with Crippen LogP contribution < -0.4 is 0 Å². The Kier molecular flexibility index (Phi) is 3.87. The Bertz CT molecular complexity index is 217. The van der Waals surface area contributed by atoms with E-state index < -0.39 is 10.7 Å². The molecular formula is C11H20O2S. The van der Waals surface area contributed by atoms with Gasteiger partial charge in [-0.1, -0.05) is 27.2 Å². The molecule has 0 aromatic carbocycles. The highest BCUT2D eigenvalue weighted by molar-refractivity contribution is 8.02. The summed E-state index contributed by atoms with van der Waals surface area (Å²) in [6.07, 6.45) is 4.03. The number of hydrogen-bond acceptors (Lipinski definition) is 2. The van der Waals surface area contributed by atoms with Crippen LogP contribution in [0.4, 0.5) is 0 Å². The van der Waals surface area contributed by atoms with Gasteiger partial charge in [-0.3, -0.25) is 4.79 Å². The number of carbonyl (C=O) groups is 1. The fourth-order valence-corrected chi connectivity index (χ4v) is 3.73. The summed E-state index contributed by atoms with van der Waals surface area (Å²) in [6.45, 7) is 6.32. The summed E-state index contributed by atoms with van der Waals surface area (Å²) in [5, 5.41) is 9.81.